The van der Waals surface area contributed by atoms with E-state index in [1.165, 1.54) is 0 Å². The number of amides is 1. The van der Waals surface area contributed by atoms with Gasteiger partial charge in [0.1, 0.15) is 6.33 Å². The van der Waals surface area contributed by atoms with Crippen molar-refractivity contribution in [2.75, 3.05) is 26.2 Å². The first kappa shape index (κ1) is 12.0. The third-order valence-electron chi connectivity index (χ3n) is 3.17. The molecule has 5 nitrogen and oxygen atoms in total. The van der Waals surface area contributed by atoms with Crippen molar-refractivity contribution in [3.05, 3.63) is 23.3 Å². The van der Waals surface area contributed by atoms with E-state index in [9.17, 15) is 4.79 Å². The Morgan fingerprint density at radius 3 is 2.47 bits per heavy atom. The number of hydrogen-bond donors (Lipinski definition) is 1. The predicted octanol–water partition coefficient (Wildman–Crippen LogP) is 0.0677. The van der Waals surface area contributed by atoms with E-state index in [0.29, 0.717) is 6.42 Å². The molecule has 1 saturated heterocycles. The fraction of sp³-hybridized carbons (Fsp3) is 0.583. The van der Waals surface area contributed by atoms with Crippen molar-refractivity contribution < 1.29 is 4.79 Å². The summed E-state index contributed by atoms with van der Waals surface area (Å²) in [5, 5.41) is 3.24. The van der Waals surface area contributed by atoms with Gasteiger partial charge in [-0.1, -0.05) is 0 Å². The van der Waals surface area contributed by atoms with E-state index in [0.717, 1.165) is 43.1 Å². The quantitative estimate of drug-likeness (QED) is 0.786. The molecule has 0 radical (unpaired) electrons. The molecule has 0 unspecified atom stereocenters. The number of piperazine rings is 1. The molecular formula is C12H18N4O. The van der Waals surface area contributed by atoms with Crippen LogP contribution in [-0.4, -0.2) is 47.0 Å². The summed E-state index contributed by atoms with van der Waals surface area (Å²) >= 11 is 0. The molecule has 1 aromatic heterocycles. The Labute approximate surface area is 101 Å². The Bertz CT molecular complexity index is 393. The van der Waals surface area contributed by atoms with Crippen LogP contribution in [-0.2, 0) is 11.2 Å². The molecule has 2 rings (SSSR count). The van der Waals surface area contributed by atoms with E-state index in [1.54, 1.807) is 6.33 Å². The third kappa shape index (κ3) is 2.79. The number of hydrogen-bond acceptors (Lipinski definition) is 4. The van der Waals surface area contributed by atoms with Crippen molar-refractivity contribution in [1.29, 1.82) is 0 Å². The number of carbonyl (C=O) groups is 1. The van der Waals surface area contributed by atoms with Crippen LogP contribution in [0.25, 0.3) is 0 Å². The van der Waals surface area contributed by atoms with Crippen LogP contribution in [0.5, 0.6) is 0 Å². The molecule has 0 aliphatic carbocycles. The second kappa shape index (κ2) is 5.23. The first-order valence-electron chi connectivity index (χ1n) is 5.94. The van der Waals surface area contributed by atoms with Gasteiger partial charge >= 0.3 is 0 Å². The van der Waals surface area contributed by atoms with Gasteiger partial charge in [0.25, 0.3) is 0 Å². The summed E-state index contributed by atoms with van der Waals surface area (Å²) in [4.78, 5) is 22.3. The van der Waals surface area contributed by atoms with Crippen LogP contribution >= 0.6 is 0 Å². The zero-order chi connectivity index (χ0) is 12.3. The number of aryl methyl sites for hydroxylation is 2. The second-order valence-corrected chi connectivity index (χ2v) is 4.33. The Morgan fingerprint density at radius 2 is 1.88 bits per heavy atom. The summed E-state index contributed by atoms with van der Waals surface area (Å²) in [6.45, 7) is 7.21. The lowest BCUT2D eigenvalue weighted by Gasteiger charge is -2.27. The van der Waals surface area contributed by atoms with Crippen molar-refractivity contribution in [3.63, 3.8) is 0 Å². The number of carbonyl (C=O) groups excluding carboxylic acids is 1. The molecule has 0 bridgehead atoms. The number of rotatable bonds is 2. The van der Waals surface area contributed by atoms with Crippen molar-refractivity contribution in [3.8, 4) is 0 Å². The number of aromatic nitrogens is 2. The molecule has 5 heteroatoms. The summed E-state index contributed by atoms with van der Waals surface area (Å²) in [5.74, 6) is 0.174. The fourth-order valence-electron chi connectivity index (χ4n) is 2.05. The summed E-state index contributed by atoms with van der Waals surface area (Å²) < 4.78 is 0. The van der Waals surface area contributed by atoms with E-state index in [2.05, 4.69) is 15.3 Å². The maximum absolute atomic E-state index is 12.1. The van der Waals surface area contributed by atoms with E-state index in [1.807, 2.05) is 18.7 Å². The van der Waals surface area contributed by atoms with Crippen LogP contribution < -0.4 is 5.32 Å². The van der Waals surface area contributed by atoms with Crippen LogP contribution in [0.3, 0.4) is 0 Å². The van der Waals surface area contributed by atoms with Crippen LogP contribution in [0.1, 0.15) is 17.0 Å². The molecule has 0 aromatic carbocycles. The first-order valence-corrected chi connectivity index (χ1v) is 5.94. The Balaban J connectivity index is 2.07. The van der Waals surface area contributed by atoms with Gasteiger partial charge in [-0.3, -0.25) is 4.79 Å². The summed E-state index contributed by atoms with van der Waals surface area (Å²) in [7, 11) is 0. The monoisotopic (exact) mass is 234 g/mol. The standard InChI is InChI=1S/C12H18N4O/c1-9-11(10(2)15-8-14-9)7-12(17)16-5-3-13-4-6-16/h8,13H,3-7H2,1-2H3. The third-order valence-corrected chi connectivity index (χ3v) is 3.17. The molecule has 1 aromatic rings. The lowest BCUT2D eigenvalue weighted by atomic mass is 10.1. The van der Waals surface area contributed by atoms with Gasteiger partial charge in [0.05, 0.1) is 6.42 Å². The minimum atomic E-state index is 0.174. The molecule has 1 N–H and O–H groups in total. The van der Waals surface area contributed by atoms with Gasteiger partial charge < -0.3 is 10.2 Å². The molecule has 92 valence electrons. The fourth-order valence-corrected chi connectivity index (χ4v) is 2.05. The highest BCUT2D eigenvalue weighted by Crippen LogP contribution is 2.10. The smallest absolute Gasteiger partial charge is 0.227 e. The molecule has 1 amide bonds. The molecule has 1 fully saturated rings. The molecule has 0 saturated carbocycles. The van der Waals surface area contributed by atoms with Crippen molar-refractivity contribution in [2.45, 2.75) is 20.3 Å². The van der Waals surface area contributed by atoms with Crippen LogP contribution in [0.4, 0.5) is 0 Å². The van der Waals surface area contributed by atoms with Gasteiger partial charge in [0.15, 0.2) is 0 Å². The van der Waals surface area contributed by atoms with Gasteiger partial charge in [0.2, 0.25) is 5.91 Å². The highest BCUT2D eigenvalue weighted by molar-refractivity contribution is 5.79. The average molecular weight is 234 g/mol. The lowest BCUT2D eigenvalue weighted by Crippen LogP contribution is -2.47. The zero-order valence-electron chi connectivity index (χ0n) is 10.4. The van der Waals surface area contributed by atoms with E-state index < -0.39 is 0 Å². The summed E-state index contributed by atoms with van der Waals surface area (Å²) in [6, 6.07) is 0. The number of nitrogens with zero attached hydrogens (tertiary/aromatic N) is 3. The minimum absolute atomic E-state index is 0.174. The van der Waals surface area contributed by atoms with E-state index in [4.69, 9.17) is 0 Å². The molecule has 2 heterocycles. The molecule has 1 aliphatic heterocycles. The van der Waals surface area contributed by atoms with Crippen molar-refractivity contribution >= 4 is 5.91 Å². The SMILES string of the molecule is Cc1ncnc(C)c1CC(=O)N1CCNCC1. The maximum atomic E-state index is 12.1. The minimum Gasteiger partial charge on any atom is -0.340 e. The Kier molecular flexibility index (Phi) is 3.68. The van der Waals surface area contributed by atoms with Crippen LogP contribution in [0.2, 0.25) is 0 Å². The first-order chi connectivity index (χ1) is 8.18. The normalized spacial score (nSPS) is 16.0. The van der Waals surface area contributed by atoms with Crippen molar-refractivity contribution in [2.24, 2.45) is 0 Å². The largest absolute Gasteiger partial charge is 0.340 e. The Hall–Kier alpha value is -1.49. The zero-order valence-corrected chi connectivity index (χ0v) is 10.4. The summed E-state index contributed by atoms with van der Waals surface area (Å²) in [5.41, 5.74) is 2.78. The lowest BCUT2D eigenvalue weighted by molar-refractivity contribution is -0.131. The van der Waals surface area contributed by atoms with Gasteiger partial charge in [-0.05, 0) is 13.8 Å². The molecule has 0 atom stereocenters. The van der Waals surface area contributed by atoms with Gasteiger partial charge in [-0.25, -0.2) is 9.97 Å². The maximum Gasteiger partial charge on any atom is 0.227 e. The average Bonchev–Trinajstić information content (AvgIpc) is 2.35. The molecule has 0 spiro atoms. The highest BCUT2D eigenvalue weighted by Gasteiger charge is 2.18. The summed E-state index contributed by atoms with van der Waals surface area (Å²) in [6.07, 6.45) is 1.96. The van der Waals surface area contributed by atoms with Crippen LogP contribution in [0, 0.1) is 13.8 Å². The van der Waals surface area contributed by atoms with E-state index >= 15 is 0 Å². The van der Waals surface area contributed by atoms with Crippen molar-refractivity contribution in [1.82, 2.24) is 20.2 Å². The number of nitrogens with one attached hydrogen (secondary N) is 1. The topological polar surface area (TPSA) is 58.1 Å². The molecule has 1 aliphatic rings. The second-order valence-electron chi connectivity index (χ2n) is 4.33. The molecular weight excluding hydrogens is 216 g/mol. The van der Waals surface area contributed by atoms with Crippen LogP contribution in [0.15, 0.2) is 6.33 Å². The predicted molar refractivity (Wildman–Crippen MR) is 64.7 cm³/mol. The molecule has 17 heavy (non-hydrogen) atoms. The van der Waals surface area contributed by atoms with E-state index in [-0.39, 0.29) is 5.91 Å². The van der Waals surface area contributed by atoms with Gasteiger partial charge in [0, 0.05) is 43.1 Å². The Morgan fingerprint density at radius 1 is 1.29 bits per heavy atom. The van der Waals surface area contributed by atoms with Gasteiger partial charge in [-0.2, -0.15) is 0 Å². The highest BCUT2D eigenvalue weighted by atomic mass is 16.2. The van der Waals surface area contributed by atoms with Gasteiger partial charge in [-0.15, -0.1) is 0 Å².